The smallest absolute Gasteiger partial charge is 0.232 e. The van der Waals surface area contributed by atoms with E-state index < -0.39 is 5.91 Å². The molecule has 120 valence electrons. The number of nitrogens with two attached hydrogens (primary N) is 3. The third-order valence-electron chi connectivity index (χ3n) is 3.38. The number of primary amides is 1. The van der Waals surface area contributed by atoms with Crippen LogP contribution < -0.4 is 17.2 Å². The Labute approximate surface area is 134 Å². The van der Waals surface area contributed by atoms with Gasteiger partial charge >= 0.3 is 0 Å². The number of nitrogens with zero attached hydrogens (tertiary/aromatic N) is 1. The highest BCUT2D eigenvalue weighted by atomic mass is 16.2. The first-order chi connectivity index (χ1) is 10.9. The van der Waals surface area contributed by atoms with E-state index in [1.165, 1.54) is 0 Å². The Morgan fingerprint density at radius 2 is 1.17 bits per heavy atom. The van der Waals surface area contributed by atoms with Gasteiger partial charge in [0, 0.05) is 24.5 Å². The van der Waals surface area contributed by atoms with Gasteiger partial charge in [-0.2, -0.15) is 0 Å². The highest BCUT2D eigenvalue weighted by molar-refractivity contribution is 5.96. The van der Waals surface area contributed by atoms with Crippen LogP contribution in [-0.4, -0.2) is 16.7 Å². The molecule has 0 aromatic heterocycles. The molecule has 0 radical (unpaired) electrons. The monoisotopic (exact) mass is 312 g/mol. The summed E-state index contributed by atoms with van der Waals surface area (Å²) >= 11 is 0. The molecule has 0 aliphatic heterocycles. The summed E-state index contributed by atoms with van der Waals surface area (Å²) in [6.07, 6.45) is -0.316. The van der Waals surface area contributed by atoms with Crippen LogP contribution >= 0.6 is 0 Å². The maximum atomic E-state index is 12.3. The van der Waals surface area contributed by atoms with E-state index in [4.69, 9.17) is 17.2 Å². The Hall–Kier alpha value is -3.02. The molecule has 6 nitrogen and oxygen atoms in total. The molecule has 6 heteroatoms. The lowest BCUT2D eigenvalue weighted by atomic mass is 10.1. The van der Waals surface area contributed by atoms with Crippen LogP contribution in [0.5, 0.6) is 0 Å². The van der Waals surface area contributed by atoms with Crippen LogP contribution in [0, 0.1) is 0 Å². The van der Waals surface area contributed by atoms with E-state index in [2.05, 4.69) is 0 Å². The maximum absolute atomic E-state index is 12.3. The van der Waals surface area contributed by atoms with Crippen molar-refractivity contribution in [3.05, 3.63) is 59.7 Å². The van der Waals surface area contributed by atoms with Crippen LogP contribution in [0.3, 0.4) is 0 Å². The van der Waals surface area contributed by atoms with Crippen LogP contribution in [0.15, 0.2) is 48.5 Å². The predicted octanol–water partition coefficient (Wildman–Crippen LogP) is 1.26. The molecule has 0 unspecified atom stereocenters. The summed E-state index contributed by atoms with van der Waals surface area (Å²) in [6.45, 7) is 0.744. The van der Waals surface area contributed by atoms with Gasteiger partial charge in [0.1, 0.15) is 6.42 Å². The number of nitrogen functional groups attached to an aromatic ring is 2. The van der Waals surface area contributed by atoms with E-state index in [0.717, 1.165) is 11.1 Å². The predicted molar refractivity (Wildman–Crippen MR) is 89.8 cm³/mol. The zero-order valence-corrected chi connectivity index (χ0v) is 12.7. The standard InChI is InChI=1S/C17H20N4O2/c18-14-5-1-12(2-6-14)10-21(17(23)9-16(20)22)11-13-3-7-15(19)8-4-13/h1-8H,9-11,18-19H2,(H2,20,22). The van der Waals surface area contributed by atoms with Gasteiger partial charge in [-0.05, 0) is 35.4 Å². The molecule has 0 saturated carbocycles. The van der Waals surface area contributed by atoms with Crippen molar-refractivity contribution in [1.29, 1.82) is 0 Å². The zero-order valence-electron chi connectivity index (χ0n) is 12.7. The van der Waals surface area contributed by atoms with Crippen molar-refractivity contribution in [2.24, 2.45) is 5.73 Å². The molecule has 0 aliphatic carbocycles. The van der Waals surface area contributed by atoms with Gasteiger partial charge < -0.3 is 22.1 Å². The molecular weight excluding hydrogens is 292 g/mol. The minimum Gasteiger partial charge on any atom is -0.399 e. The van der Waals surface area contributed by atoms with Gasteiger partial charge in [0.15, 0.2) is 0 Å². The van der Waals surface area contributed by atoms with Gasteiger partial charge in [-0.15, -0.1) is 0 Å². The molecule has 0 aliphatic rings. The number of benzene rings is 2. The molecule has 0 heterocycles. The van der Waals surface area contributed by atoms with E-state index in [-0.39, 0.29) is 12.3 Å². The average molecular weight is 312 g/mol. The van der Waals surface area contributed by atoms with E-state index >= 15 is 0 Å². The molecule has 6 N–H and O–H groups in total. The summed E-state index contributed by atoms with van der Waals surface area (Å²) < 4.78 is 0. The van der Waals surface area contributed by atoms with Crippen molar-refractivity contribution in [1.82, 2.24) is 4.90 Å². The van der Waals surface area contributed by atoms with Crippen LogP contribution in [-0.2, 0) is 22.7 Å². The lowest BCUT2D eigenvalue weighted by Gasteiger charge is -2.23. The first-order valence-corrected chi connectivity index (χ1v) is 7.19. The van der Waals surface area contributed by atoms with Gasteiger partial charge in [-0.25, -0.2) is 0 Å². The van der Waals surface area contributed by atoms with Crippen molar-refractivity contribution in [3.8, 4) is 0 Å². The summed E-state index contributed by atoms with van der Waals surface area (Å²) in [5, 5.41) is 0. The second-order valence-electron chi connectivity index (χ2n) is 5.38. The van der Waals surface area contributed by atoms with Crippen LogP contribution in [0.25, 0.3) is 0 Å². The molecule has 2 aromatic rings. The van der Waals surface area contributed by atoms with Crippen LogP contribution in [0.1, 0.15) is 17.5 Å². The van der Waals surface area contributed by atoms with Gasteiger partial charge in [0.25, 0.3) is 0 Å². The minimum atomic E-state index is -0.644. The van der Waals surface area contributed by atoms with Crippen molar-refractivity contribution >= 4 is 23.2 Å². The summed E-state index contributed by atoms with van der Waals surface area (Å²) in [7, 11) is 0. The van der Waals surface area contributed by atoms with Crippen LogP contribution in [0.4, 0.5) is 11.4 Å². The van der Waals surface area contributed by atoms with Gasteiger partial charge in [0.2, 0.25) is 11.8 Å². The fraction of sp³-hybridized carbons (Fsp3) is 0.176. The summed E-state index contributed by atoms with van der Waals surface area (Å²) in [6, 6.07) is 14.5. The Morgan fingerprint density at radius 3 is 1.52 bits per heavy atom. The summed E-state index contributed by atoms with van der Waals surface area (Å²) in [5.41, 5.74) is 19.6. The van der Waals surface area contributed by atoms with E-state index in [0.29, 0.717) is 24.5 Å². The highest BCUT2D eigenvalue weighted by Crippen LogP contribution is 2.14. The number of rotatable bonds is 6. The van der Waals surface area contributed by atoms with E-state index in [9.17, 15) is 9.59 Å². The lowest BCUT2D eigenvalue weighted by molar-refractivity contribution is -0.136. The highest BCUT2D eigenvalue weighted by Gasteiger charge is 2.16. The normalized spacial score (nSPS) is 10.3. The zero-order chi connectivity index (χ0) is 16.8. The second kappa shape index (κ2) is 7.31. The van der Waals surface area contributed by atoms with Gasteiger partial charge in [0.05, 0.1) is 0 Å². The Balaban J connectivity index is 2.16. The number of hydrogen-bond donors (Lipinski definition) is 3. The molecule has 2 rings (SSSR count). The Bertz CT molecular complexity index is 633. The van der Waals surface area contributed by atoms with E-state index in [1.54, 1.807) is 29.2 Å². The number of carbonyl (C=O) groups excluding carboxylic acids is 2. The number of amides is 2. The third-order valence-corrected chi connectivity index (χ3v) is 3.38. The average Bonchev–Trinajstić information content (AvgIpc) is 2.50. The molecule has 2 amide bonds. The summed E-state index contributed by atoms with van der Waals surface area (Å²) in [5.74, 6) is -0.958. The SMILES string of the molecule is NC(=O)CC(=O)N(Cc1ccc(N)cc1)Cc1ccc(N)cc1. The molecule has 0 fully saturated rings. The molecule has 23 heavy (non-hydrogen) atoms. The first kappa shape index (κ1) is 16.4. The largest absolute Gasteiger partial charge is 0.399 e. The number of hydrogen-bond acceptors (Lipinski definition) is 4. The minimum absolute atomic E-state index is 0.314. The molecule has 0 saturated heterocycles. The summed E-state index contributed by atoms with van der Waals surface area (Å²) in [4.78, 5) is 24.9. The number of carbonyl (C=O) groups is 2. The fourth-order valence-corrected chi connectivity index (χ4v) is 2.18. The van der Waals surface area contributed by atoms with Gasteiger partial charge in [-0.1, -0.05) is 24.3 Å². The lowest BCUT2D eigenvalue weighted by Crippen LogP contribution is -2.33. The van der Waals surface area contributed by atoms with Crippen molar-refractivity contribution in [3.63, 3.8) is 0 Å². The van der Waals surface area contributed by atoms with Crippen molar-refractivity contribution in [2.75, 3.05) is 11.5 Å². The fourth-order valence-electron chi connectivity index (χ4n) is 2.18. The Morgan fingerprint density at radius 1 is 0.783 bits per heavy atom. The quantitative estimate of drug-likeness (QED) is 0.550. The third kappa shape index (κ3) is 5.03. The van der Waals surface area contributed by atoms with Crippen molar-refractivity contribution < 1.29 is 9.59 Å². The number of anilines is 2. The maximum Gasteiger partial charge on any atom is 0.232 e. The molecule has 0 atom stereocenters. The van der Waals surface area contributed by atoms with E-state index in [1.807, 2.05) is 24.3 Å². The molecule has 2 aromatic carbocycles. The van der Waals surface area contributed by atoms with Crippen molar-refractivity contribution in [2.45, 2.75) is 19.5 Å². The first-order valence-electron chi connectivity index (χ1n) is 7.19. The molecular formula is C17H20N4O2. The van der Waals surface area contributed by atoms with Gasteiger partial charge in [-0.3, -0.25) is 9.59 Å². The molecule has 0 spiro atoms. The molecule has 0 bridgehead atoms. The Kier molecular flexibility index (Phi) is 5.19. The van der Waals surface area contributed by atoms with Crippen LogP contribution in [0.2, 0.25) is 0 Å². The topological polar surface area (TPSA) is 115 Å². The second-order valence-corrected chi connectivity index (χ2v) is 5.38.